The van der Waals surface area contributed by atoms with Crippen LogP contribution in [-0.2, 0) is 11.8 Å². The highest BCUT2D eigenvalue weighted by atomic mass is 16.5. The molecular formula is C19H33NO2. The molecule has 0 aliphatic rings. The number of hydrogen-bond acceptors (Lipinski definition) is 3. The van der Waals surface area contributed by atoms with Gasteiger partial charge in [-0.25, -0.2) is 0 Å². The topological polar surface area (TPSA) is 55.5 Å². The number of ether oxygens (including phenoxy) is 1. The van der Waals surface area contributed by atoms with Crippen LogP contribution in [0.5, 0.6) is 5.75 Å². The van der Waals surface area contributed by atoms with Crippen LogP contribution in [0.15, 0.2) is 12.1 Å². The van der Waals surface area contributed by atoms with Crippen LogP contribution in [0.2, 0.25) is 0 Å². The lowest BCUT2D eigenvalue weighted by molar-refractivity contribution is 0.186. The quantitative estimate of drug-likeness (QED) is 0.811. The molecule has 3 nitrogen and oxygen atoms in total. The first-order chi connectivity index (χ1) is 10.2. The van der Waals surface area contributed by atoms with Gasteiger partial charge in [-0.2, -0.15) is 0 Å². The molecule has 2 unspecified atom stereocenters. The van der Waals surface area contributed by atoms with E-state index in [0.717, 1.165) is 12.2 Å². The Bertz CT molecular complexity index is 473. The van der Waals surface area contributed by atoms with Gasteiger partial charge in [-0.3, -0.25) is 0 Å². The molecule has 3 N–H and O–H groups in total. The molecule has 0 radical (unpaired) electrons. The molecule has 0 aromatic heterocycles. The van der Waals surface area contributed by atoms with Crippen molar-refractivity contribution >= 4 is 0 Å². The predicted molar refractivity (Wildman–Crippen MR) is 93.5 cm³/mol. The Morgan fingerprint density at radius 2 is 1.91 bits per heavy atom. The molecule has 0 amide bonds. The van der Waals surface area contributed by atoms with Gasteiger partial charge in [-0.15, -0.1) is 0 Å². The van der Waals surface area contributed by atoms with E-state index in [9.17, 15) is 5.11 Å². The van der Waals surface area contributed by atoms with Crippen molar-refractivity contribution in [3.63, 3.8) is 0 Å². The second kappa shape index (κ2) is 7.98. The molecule has 126 valence electrons. The van der Waals surface area contributed by atoms with Crippen molar-refractivity contribution in [3.05, 3.63) is 28.8 Å². The molecule has 3 heteroatoms. The fourth-order valence-electron chi connectivity index (χ4n) is 2.87. The highest BCUT2D eigenvalue weighted by Gasteiger charge is 2.24. The second-order valence-electron chi connectivity index (χ2n) is 7.34. The van der Waals surface area contributed by atoms with Crippen molar-refractivity contribution in [3.8, 4) is 5.75 Å². The molecule has 0 aliphatic carbocycles. The fraction of sp³-hybridized carbons (Fsp3) is 0.684. The minimum atomic E-state index is 0.0404. The molecule has 0 heterocycles. The minimum absolute atomic E-state index is 0.0404. The summed E-state index contributed by atoms with van der Waals surface area (Å²) >= 11 is 0. The van der Waals surface area contributed by atoms with Gasteiger partial charge in [0.05, 0.1) is 6.61 Å². The minimum Gasteiger partial charge on any atom is -0.493 e. The maximum atomic E-state index is 9.47. The summed E-state index contributed by atoms with van der Waals surface area (Å²) in [6.07, 6.45) is 0.878. The summed E-state index contributed by atoms with van der Waals surface area (Å²) in [6.45, 7) is 14.3. The zero-order chi connectivity index (χ0) is 16.9. The lowest BCUT2D eigenvalue weighted by atomic mass is 9.81. The average molecular weight is 307 g/mol. The zero-order valence-corrected chi connectivity index (χ0v) is 15.1. The number of hydrogen-bond donors (Lipinski definition) is 2. The van der Waals surface area contributed by atoms with Crippen LogP contribution in [0.4, 0.5) is 0 Å². The number of rotatable bonds is 7. The molecule has 0 bridgehead atoms. The maximum absolute atomic E-state index is 9.47. The van der Waals surface area contributed by atoms with Gasteiger partial charge < -0.3 is 15.6 Å². The van der Waals surface area contributed by atoms with Crippen LogP contribution in [0.3, 0.4) is 0 Å². The van der Waals surface area contributed by atoms with E-state index in [1.165, 1.54) is 16.7 Å². The summed E-state index contributed by atoms with van der Waals surface area (Å²) in [6, 6.07) is 4.44. The normalized spacial score (nSPS) is 14.7. The lowest BCUT2D eigenvalue weighted by Crippen LogP contribution is -2.26. The first-order valence-corrected chi connectivity index (χ1v) is 8.32. The number of aryl methyl sites for hydroxylation is 1. The van der Waals surface area contributed by atoms with Gasteiger partial charge in [0.1, 0.15) is 5.75 Å². The van der Waals surface area contributed by atoms with E-state index in [1.807, 2.05) is 6.92 Å². The third-order valence-corrected chi connectivity index (χ3v) is 4.29. The number of benzene rings is 1. The Kier molecular flexibility index (Phi) is 6.89. The summed E-state index contributed by atoms with van der Waals surface area (Å²) in [5.74, 6) is 1.47. The summed E-state index contributed by atoms with van der Waals surface area (Å²) in [4.78, 5) is 0. The highest BCUT2D eigenvalue weighted by Crippen LogP contribution is 2.37. The summed E-state index contributed by atoms with van der Waals surface area (Å²) < 4.78 is 6.00. The van der Waals surface area contributed by atoms with Gasteiger partial charge in [-0.05, 0) is 49.6 Å². The molecule has 0 spiro atoms. The van der Waals surface area contributed by atoms with E-state index in [2.05, 4.69) is 46.8 Å². The maximum Gasteiger partial charge on any atom is 0.126 e. The largest absolute Gasteiger partial charge is 0.493 e. The molecule has 1 aromatic rings. The van der Waals surface area contributed by atoms with E-state index in [-0.39, 0.29) is 17.9 Å². The molecule has 0 aliphatic heterocycles. The molecule has 0 saturated carbocycles. The van der Waals surface area contributed by atoms with Gasteiger partial charge in [0.2, 0.25) is 0 Å². The van der Waals surface area contributed by atoms with E-state index in [1.54, 1.807) is 0 Å². The standard InChI is InChI=1S/C19H33NO2/c1-7-22-18-15(10-14(3)16(11-20)12-21)8-13(2)9-17(18)19(4,5)6/h8-9,14,16,21H,7,10-12,20H2,1-6H3. The highest BCUT2D eigenvalue weighted by molar-refractivity contribution is 5.48. The fourth-order valence-corrected chi connectivity index (χ4v) is 2.87. The van der Waals surface area contributed by atoms with Crippen LogP contribution < -0.4 is 10.5 Å². The predicted octanol–water partition coefficient (Wildman–Crippen LogP) is 3.44. The van der Waals surface area contributed by atoms with Gasteiger partial charge in [0.15, 0.2) is 0 Å². The smallest absolute Gasteiger partial charge is 0.126 e. The SMILES string of the molecule is CCOc1c(CC(C)C(CN)CO)cc(C)cc1C(C)(C)C. The van der Waals surface area contributed by atoms with Crippen molar-refractivity contribution in [2.75, 3.05) is 19.8 Å². The van der Waals surface area contributed by atoms with E-state index in [4.69, 9.17) is 10.5 Å². The van der Waals surface area contributed by atoms with E-state index >= 15 is 0 Å². The van der Waals surface area contributed by atoms with Gasteiger partial charge in [0.25, 0.3) is 0 Å². The van der Waals surface area contributed by atoms with Crippen LogP contribution in [-0.4, -0.2) is 24.9 Å². The molecule has 0 fully saturated rings. The molecule has 1 aromatic carbocycles. The third-order valence-electron chi connectivity index (χ3n) is 4.29. The van der Waals surface area contributed by atoms with Crippen LogP contribution in [0.1, 0.15) is 51.3 Å². The van der Waals surface area contributed by atoms with E-state index < -0.39 is 0 Å². The summed E-state index contributed by atoms with van der Waals surface area (Å²) in [5, 5.41) is 9.47. The van der Waals surface area contributed by atoms with Crippen molar-refractivity contribution < 1.29 is 9.84 Å². The first-order valence-electron chi connectivity index (χ1n) is 8.32. The van der Waals surface area contributed by atoms with Crippen molar-refractivity contribution in [2.45, 2.75) is 53.4 Å². The zero-order valence-electron chi connectivity index (χ0n) is 15.1. The third kappa shape index (κ3) is 4.72. The summed E-state index contributed by atoms with van der Waals surface area (Å²) in [5.41, 5.74) is 9.55. The average Bonchev–Trinajstić information content (AvgIpc) is 2.41. The second-order valence-corrected chi connectivity index (χ2v) is 7.34. The Morgan fingerprint density at radius 3 is 2.36 bits per heavy atom. The monoisotopic (exact) mass is 307 g/mol. The molecule has 0 saturated heterocycles. The van der Waals surface area contributed by atoms with Gasteiger partial charge in [-0.1, -0.05) is 45.4 Å². The molecular weight excluding hydrogens is 274 g/mol. The number of aliphatic hydroxyl groups excluding tert-OH is 1. The summed E-state index contributed by atoms with van der Waals surface area (Å²) in [7, 11) is 0. The van der Waals surface area contributed by atoms with Crippen LogP contribution >= 0.6 is 0 Å². The molecule has 2 atom stereocenters. The Morgan fingerprint density at radius 1 is 1.27 bits per heavy atom. The van der Waals surface area contributed by atoms with Crippen molar-refractivity contribution in [1.82, 2.24) is 0 Å². The number of nitrogens with two attached hydrogens (primary N) is 1. The van der Waals surface area contributed by atoms with Crippen LogP contribution in [0, 0.1) is 18.8 Å². The Hall–Kier alpha value is -1.06. The van der Waals surface area contributed by atoms with Crippen LogP contribution in [0.25, 0.3) is 0 Å². The Balaban J connectivity index is 3.25. The van der Waals surface area contributed by atoms with Crippen molar-refractivity contribution in [2.24, 2.45) is 17.6 Å². The Labute approximate surface area is 135 Å². The van der Waals surface area contributed by atoms with E-state index in [0.29, 0.717) is 19.1 Å². The first kappa shape index (κ1) is 19.0. The molecule has 22 heavy (non-hydrogen) atoms. The van der Waals surface area contributed by atoms with Crippen molar-refractivity contribution in [1.29, 1.82) is 0 Å². The van der Waals surface area contributed by atoms with Gasteiger partial charge in [0, 0.05) is 12.2 Å². The lowest BCUT2D eigenvalue weighted by Gasteiger charge is -2.27. The molecule has 1 rings (SSSR count). The van der Waals surface area contributed by atoms with Gasteiger partial charge >= 0.3 is 0 Å². The number of aliphatic hydroxyl groups is 1.